The van der Waals surface area contributed by atoms with Crippen molar-refractivity contribution in [2.24, 2.45) is 0 Å². The van der Waals surface area contributed by atoms with Crippen LogP contribution in [0, 0.1) is 5.82 Å². The second-order valence-electron chi connectivity index (χ2n) is 6.83. The average molecular weight is 412 g/mol. The van der Waals surface area contributed by atoms with E-state index < -0.39 is 0 Å². The molecule has 5 rings (SSSR count). The molecule has 0 aliphatic heterocycles. The summed E-state index contributed by atoms with van der Waals surface area (Å²) in [5.74, 6) is 0.356. The van der Waals surface area contributed by atoms with Crippen molar-refractivity contribution in [2.75, 3.05) is 0 Å². The summed E-state index contributed by atoms with van der Waals surface area (Å²) in [5, 5.41) is 13.8. The molecule has 3 aromatic carbocycles. The Balaban J connectivity index is 1.41. The van der Waals surface area contributed by atoms with Crippen LogP contribution < -0.4 is 0 Å². The first-order valence-electron chi connectivity index (χ1n) is 9.52. The number of fused-ring (bicyclic) bond motifs is 1. The maximum absolute atomic E-state index is 13.4. The van der Waals surface area contributed by atoms with Crippen LogP contribution in [0.1, 0.15) is 5.56 Å². The van der Waals surface area contributed by atoms with Crippen LogP contribution in [0.5, 0.6) is 0 Å². The first kappa shape index (κ1) is 18.5. The molecule has 4 nitrogen and oxygen atoms in total. The van der Waals surface area contributed by atoms with E-state index in [1.54, 1.807) is 10.6 Å². The maximum atomic E-state index is 13.4. The lowest BCUT2D eigenvalue weighted by atomic mass is 10.0. The minimum absolute atomic E-state index is 0.237. The number of hydrogen-bond donors (Lipinski definition) is 0. The Bertz CT molecular complexity index is 1300. The quantitative estimate of drug-likeness (QED) is 0.338. The van der Waals surface area contributed by atoms with E-state index in [9.17, 15) is 4.39 Å². The fourth-order valence-corrected chi connectivity index (χ4v) is 4.08. The van der Waals surface area contributed by atoms with Crippen LogP contribution >= 0.6 is 11.8 Å². The van der Waals surface area contributed by atoms with Gasteiger partial charge in [0, 0.05) is 11.3 Å². The van der Waals surface area contributed by atoms with Crippen LogP contribution in [-0.4, -0.2) is 19.8 Å². The normalized spacial score (nSPS) is 11.1. The van der Waals surface area contributed by atoms with Gasteiger partial charge in [-0.1, -0.05) is 78.5 Å². The van der Waals surface area contributed by atoms with E-state index in [1.165, 1.54) is 29.5 Å². The molecule has 0 N–H and O–H groups in total. The number of aromatic nitrogens is 4. The lowest BCUT2D eigenvalue weighted by molar-refractivity contribution is 0.626. The topological polar surface area (TPSA) is 43.1 Å². The molecule has 2 aromatic heterocycles. The third kappa shape index (κ3) is 3.82. The van der Waals surface area contributed by atoms with Gasteiger partial charge in [-0.05, 0) is 41.0 Å². The van der Waals surface area contributed by atoms with Crippen LogP contribution in [0.2, 0.25) is 0 Å². The molecule has 0 unspecified atom stereocenters. The lowest BCUT2D eigenvalue weighted by Gasteiger charge is -2.06. The molecule has 30 heavy (non-hydrogen) atoms. The summed E-state index contributed by atoms with van der Waals surface area (Å²) in [6.07, 6.45) is 0. The number of hydrogen-bond acceptors (Lipinski definition) is 4. The molecule has 0 saturated heterocycles. The van der Waals surface area contributed by atoms with Gasteiger partial charge in [0.1, 0.15) is 5.82 Å². The number of thioether (sulfide) groups is 1. The van der Waals surface area contributed by atoms with E-state index in [1.807, 2.05) is 36.4 Å². The van der Waals surface area contributed by atoms with Crippen molar-refractivity contribution in [3.63, 3.8) is 0 Å². The monoisotopic (exact) mass is 412 g/mol. The first-order valence-corrected chi connectivity index (χ1v) is 10.5. The van der Waals surface area contributed by atoms with E-state index in [2.05, 4.69) is 46.6 Å². The second kappa shape index (κ2) is 8.08. The van der Waals surface area contributed by atoms with Gasteiger partial charge in [-0.15, -0.1) is 10.2 Å². The lowest BCUT2D eigenvalue weighted by Crippen LogP contribution is -1.96. The van der Waals surface area contributed by atoms with Crippen LogP contribution in [0.3, 0.4) is 0 Å². The largest absolute Gasteiger partial charge is 0.212 e. The summed E-state index contributed by atoms with van der Waals surface area (Å²) < 4.78 is 15.1. The predicted octanol–water partition coefficient (Wildman–Crippen LogP) is 5.89. The van der Waals surface area contributed by atoms with E-state index in [0.717, 1.165) is 22.4 Å². The van der Waals surface area contributed by atoms with E-state index in [-0.39, 0.29) is 5.82 Å². The molecule has 0 aliphatic rings. The third-order valence-corrected chi connectivity index (χ3v) is 5.77. The summed E-state index contributed by atoms with van der Waals surface area (Å²) in [5.41, 5.74) is 5.78. The summed E-state index contributed by atoms with van der Waals surface area (Å²) >= 11 is 1.48. The average Bonchev–Trinajstić information content (AvgIpc) is 3.21. The fraction of sp³-hybridized carbons (Fsp3) is 0.0417. The Morgan fingerprint density at radius 3 is 2.30 bits per heavy atom. The Labute approximate surface area is 177 Å². The summed E-state index contributed by atoms with van der Waals surface area (Å²) in [6, 6.07) is 29.1. The van der Waals surface area contributed by atoms with Crippen LogP contribution in [-0.2, 0) is 5.75 Å². The molecule has 146 valence electrons. The van der Waals surface area contributed by atoms with E-state index in [0.29, 0.717) is 16.6 Å². The molecule has 0 bridgehead atoms. The highest BCUT2D eigenvalue weighted by atomic mass is 32.2. The minimum atomic E-state index is -0.237. The molecule has 0 spiro atoms. The van der Waals surface area contributed by atoms with Crippen LogP contribution in [0.25, 0.3) is 28.0 Å². The molecule has 0 atom stereocenters. The maximum Gasteiger partial charge on any atom is 0.212 e. The zero-order valence-corrected chi connectivity index (χ0v) is 16.8. The van der Waals surface area contributed by atoms with Crippen LogP contribution in [0.15, 0.2) is 96.2 Å². The van der Waals surface area contributed by atoms with Gasteiger partial charge in [-0.2, -0.15) is 9.61 Å². The molecule has 5 aromatic rings. The molecule has 6 heteroatoms. The second-order valence-corrected chi connectivity index (χ2v) is 7.78. The van der Waals surface area contributed by atoms with Gasteiger partial charge in [-0.3, -0.25) is 0 Å². The van der Waals surface area contributed by atoms with Gasteiger partial charge in [0.15, 0.2) is 5.65 Å². The molecule has 0 radical (unpaired) electrons. The molecular weight excluding hydrogens is 395 g/mol. The van der Waals surface area contributed by atoms with Crippen molar-refractivity contribution in [2.45, 2.75) is 10.9 Å². The van der Waals surface area contributed by atoms with Gasteiger partial charge < -0.3 is 0 Å². The molecule has 0 aliphatic carbocycles. The highest BCUT2D eigenvalue weighted by molar-refractivity contribution is 7.98. The van der Waals surface area contributed by atoms with E-state index >= 15 is 0 Å². The highest BCUT2D eigenvalue weighted by Crippen LogP contribution is 2.26. The Morgan fingerprint density at radius 2 is 1.50 bits per heavy atom. The minimum Gasteiger partial charge on any atom is -0.207 e. The number of halogens is 1. The molecule has 0 saturated carbocycles. The molecule has 0 amide bonds. The van der Waals surface area contributed by atoms with Crippen molar-refractivity contribution in [1.82, 2.24) is 19.8 Å². The highest BCUT2D eigenvalue weighted by Gasteiger charge is 2.10. The number of rotatable bonds is 5. The van der Waals surface area contributed by atoms with Crippen molar-refractivity contribution in [3.05, 3.63) is 102 Å². The van der Waals surface area contributed by atoms with Crippen LogP contribution in [0.4, 0.5) is 4.39 Å². The first-order chi connectivity index (χ1) is 14.8. The van der Waals surface area contributed by atoms with Gasteiger partial charge >= 0.3 is 0 Å². The van der Waals surface area contributed by atoms with Crippen molar-refractivity contribution >= 4 is 17.4 Å². The Kier molecular flexibility index (Phi) is 4.99. The number of benzene rings is 3. The molecule has 0 fully saturated rings. The molecular formula is C24H17FN4S. The number of nitrogens with zero attached hydrogens (tertiary/aromatic N) is 4. The predicted molar refractivity (Wildman–Crippen MR) is 118 cm³/mol. The van der Waals surface area contributed by atoms with Gasteiger partial charge in [-0.25, -0.2) is 4.39 Å². The third-order valence-electron chi connectivity index (χ3n) is 4.78. The zero-order chi connectivity index (χ0) is 20.3. The Morgan fingerprint density at radius 1 is 0.733 bits per heavy atom. The van der Waals surface area contributed by atoms with Gasteiger partial charge in [0.05, 0.1) is 5.69 Å². The van der Waals surface area contributed by atoms with Crippen molar-refractivity contribution in [1.29, 1.82) is 0 Å². The molecule has 2 heterocycles. The zero-order valence-electron chi connectivity index (χ0n) is 15.9. The SMILES string of the molecule is Fc1cccc(CSc2nnc3ccc(-c4ccc(-c5ccccc5)cc4)nn23)c1. The Hall–Kier alpha value is -3.51. The van der Waals surface area contributed by atoms with Crippen molar-refractivity contribution in [3.8, 4) is 22.4 Å². The van der Waals surface area contributed by atoms with E-state index in [4.69, 9.17) is 5.10 Å². The fourth-order valence-electron chi connectivity index (χ4n) is 3.25. The standard InChI is InChI=1S/C24H17FN4S/c25-21-8-4-5-17(15-21)16-30-24-27-26-23-14-13-22(28-29(23)24)20-11-9-19(10-12-20)18-6-2-1-3-7-18/h1-15H,16H2. The van der Waals surface area contributed by atoms with Crippen molar-refractivity contribution < 1.29 is 4.39 Å². The van der Waals surface area contributed by atoms with Gasteiger partial charge in [0.25, 0.3) is 0 Å². The van der Waals surface area contributed by atoms with Gasteiger partial charge in [0.2, 0.25) is 5.16 Å². The smallest absolute Gasteiger partial charge is 0.207 e. The summed E-state index contributed by atoms with van der Waals surface area (Å²) in [6.45, 7) is 0. The summed E-state index contributed by atoms with van der Waals surface area (Å²) in [7, 11) is 0. The summed E-state index contributed by atoms with van der Waals surface area (Å²) in [4.78, 5) is 0.